The Morgan fingerprint density at radius 3 is 2.56 bits per heavy atom. The molecule has 0 aliphatic carbocycles. The van der Waals surface area contributed by atoms with E-state index >= 15 is 0 Å². The monoisotopic (exact) mass is 236 g/mol. The first-order chi connectivity index (χ1) is 7.42. The van der Waals surface area contributed by atoms with Crippen LogP contribution in [0.2, 0.25) is 5.02 Å². The minimum absolute atomic E-state index is 0.0272. The molecular weight excluding hydrogens is 220 g/mol. The fourth-order valence-corrected chi connectivity index (χ4v) is 1.63. The van der Waals surface area contributed by atoms with Crippen molar-refractivity contribution in [1.82, 2.24) is 0 Å². The highest BCUT2D eigenvalue weighted by molar-refractivity contribution is 6.30. The molecule has 0 saturated carbocycles. The topological polar surface area (TPSA) is 27.0 Å². The van der Waals surface area contributed by atoms with Crippen molar-refractivity contribution in [2.24, 2.45) is 0 Å². The van der Waals surface area contributed by atoms with Gasteiger partial charge in [-0.2, -0.15) is 5.26 Å². The molecule has 0 fully saturated rings. The van der Waals surface area contributed by atoms with Crippen LogP contribution in [0.3, 0.4) is 0 Å². The van der Waals surface area contributed by atoms with E-state index in [2.05, 4.69) is 31.7 Å². The molecule has 0 aliphatic rings. The second kappa shape index (κ2) is 4.76. The zero-order valence-corrected chi connectivity index (χ0v) is 11.0. The van der Waals surface area contributed by atoms with Crippen LogP contribution in [0.15, 0.2) is 18.2 Å². The lowest BCUT2D eigenvalue weighted by atomic mass is 9.98. The molecule has 1 aromatic carbocycles. The Balaban J connectivity index is 3.19. The maximum atomic E-state index is 9.09. The Labute approximate surface area is 102 Å². The summed E-state index contributed by atoms with van der Waals surface area (Å²) >= 11 is 5.88. The Kier molecular flexibility index (Phi) is 3.83. The van der Waals surface area contributed by atoms with Crippen molar-refractivity contribution < 1.29 is 0 Å². The van der Waals surface area contributed by atoms with Gasteiger partial charge in [-0.1, -0.05) is 18.5 Å². The van der Waals surface area contributed by atoms with Crippen LogP contribution < -0.4 is 4.90 Å². The summed E-state index contributed by atoms with van der Waals surface area (Å²) in [6.07, 6.45) is 1.01. The van der Waals surface area contributed by atoms with Gasteiger partial charge in [-0.25, -0.2) is 0 Å². The first-order valence-electron chi connectivity index (χ1n) is 5.36. The third-order valence-electron chi connectivity index (χ3n) is 3.21. The van der Waals surface area contributed by atoms with Gasteiger partial charge < -0.3 is 4.90 Å². The number of nitrogens with zero attached hydrogens (tertiary/aromatic N) is 2. The minimum Gasteiger partial charge on any atom is -0.368 e. The minimum atomic E-state index is 0.0272. The number of benzene rings is 1. The maximum absolute atomic E-state index is 9.09. The van der Waals surface area contributed by atoms with Gasteiger partial charge in [0.2, 0.25) is 0 Å². The summed E-state index contributed by atoms with van der Waals surface area (Å²) in [5.74, 6) is 0. The van der Waals surface area contributed by atoms with Crippen LogP contribution in [0.5, 0.6) is 0 Å². The highest BCUT2D eigenvalue weighted by Crippen LogP contribution is 2.29. The zero-order chi connectivity index (χ0) is 12.3. The van der Waals surface area contributed by atoms with E-state index in [4.69, 9.17) is 16.9 Å². The molecule has 0 N–H and O–H groups in total. The predicted molar refractivity (Wildman–Crippen MR) is 68.9 cm³/mol. The molecule has 0 saturated heterocycles. The number of nitriles is 1. The summed E-state index contributed by atoms with van der Waals surface area (Å²) in [6, 6.07) is 7.62. The molecule has 0 unspecified atom stereocenters. The number of anilines is 1. The van der Waals surface area contributed by atoms with E-state index < -0.39 is 0 Å². The number of rotatable bonds is 3. The molecule has 0 heterocycles. The normalized spacial score (nSPS) is 11.0. The molecule has 3 heteroatoms. The van der Waals surface area contributed by atoms with Crippen molar-refractivity contribution in [3.05, 3.63) is 28.8 Å². The lowest BCUT2D eigenvalue weighted by Crippen LogP contribution is -2.40. The van der Waals surface area contributed by atoms with Gasteiger partial charge in [-0.15, -0.1) is 0 Å². The first kappa shape index (κ1) is 12.9. The second-order valence-electron chi connectivity index (χ2n) is 4.50. The largest absolute Gasteiger partial charge is 0.368 e. The van der Waals surface area contributed by atoms with Crippen molar-refractivity contribution in [3.63, 3.8) is 0 Å². The molecule has 2 nitrogen and oxygen atoms in total. The van der Waals surface area contributed by atoms with Crippen molar-refractivity contribution in [1.29, 1.82) is 5.26 Å². The fourth-order valence-electron chi connectivity index (χ4n) is 1.45. The molecule has 1 rings (SSSR count). The summed E-state index contributed by atoms with van der Waals surface area (Å²) in [6.45, 7) is 6.45. The molecule has 0 amide bonds. The summed E-state index contributed by atoms with van der Waals surface area (Å²) in [4.78, 5) is 2.13. The lowest BCUT2D eigenvalue weighted by molar-refractivity contribution is 0.470. The summed E-state index contributed by atoms with van der Waals surface area (Å²) < 4.78 is 0. The molecule has 0 bridgehead atoms. The molecule has 0 spiro atoms. The Hall–Kier alpha value is -1.20. The number of halogens is 1. The number of hydrogen-bond donors (Lipinski definition) is 0. The smallest absolute Gasteiger partial charge is 0.101 e. The van der Waals surface area contributed by atoms with E-state index in [1.165, 1.54) is 0 Å². The van der Waals surface area contributed by atoms with Crippen LogP contribution in [0.25, 0.3) is 0 Å². The van der Waals surface area contributed by atoms with Crippen LogP contribution in [0.1, 0.15) is 32.8 Å². The zero-order valence-electron chi connectivity index (χ0n) is 10.2. The third-order valence-corrected chi connectivity index (χ3v) is 3.45. The van der Waals surface area contributed by atoms with Gasteiger partial charge in [-0.05, 0) is 38.5 Å². The average Bonchev–Trinajstić information content (AvgIpc) is 2.27. The second-order valence-corrected chi connectivity index (χ2v) is 4.93. The first-order valence-corrected chi connectivity index (χ1v) is 5.73. The standard InChI is InChI=1S/C13H17ClN2/c1-5-13(2,3)16(4)12-7-6-11(14)8-10(12)9-15/h6-8H,5H2,1-4H3. The SMILES string of the molecule is CCC(C)(C)N(C)c1ccc(Cl)cc1C#N. The van der Waals surface area contributed by atoms with E-state index in [-0.39, 0.29) is 5.54 Å². The van der Waals surface area contributed by atoms with Crippen LogP contribution in [-0.4, -0.2) is 12.6 Å². The van der Waals surface area contributed by atoms with Crippen LogP contribution >= 0.6 is 11.6 Å². The average molecular weight is 237 g/mol. The molecule has 0 radical (unpaired) electrons. The van der Waals surface area contributed by atoms with Gasteiger partial charge >= 0.3 is 0 Å². The fraction of sp³-hybridized carbons (Fsp3) is 0.462. The molecule has 0 atom stereocenters. The Morgan fingerprint density at radius 2 is 2.06 bits per heavy atom. The molecular formula is C13H17ClN2. The maximum Gasteiger partial charge on any atom is 0.101 e. The molecule has 0 aliphatic heterocycles. The number of hydrogen-bond acceptors (Lipinski definition) is 2. The quantitative estimate of drug-likeness (QED) is 0.798. The molecule has 0 aromatic heterocycles. The summed E-state index contributed by atoms with van der Waals surface area (Å²) in [5, 5.41) is 9.69. The predicted octanol–water partition coefficient (Wildman–Crippen LogP) is 3.84. The molecule has 86 valence electrons. The van der Waals surface area contributed by atoms with E-state index in [0.29, 0.717) is 10.6 Å². The van der Waals surface area contributed by atoms with E-state index in [9.17, 15) is 0 Å². The molecule has 16 heavy (non-hydrogen) atoms. The van der Waals surface area contributed by atoms with Gasteiger partial charge in [0, 0.05) is 17.6 Å². The Bertz CT molecular complexity index is 418. The third kappa shape index (κ3) is 2.48. The van der Waals surface area contributed by atoms with Gasteiger partial charge in [0.1, 0.15) is 6.07 Å². The van der Waals surface area contributed by atoms with Gasteiger partial charge in [0.05, 0.1) is 11.3 Å². The van der Waals surface area contributed by atoms with E-state index in [0.717, 1.165) is 12.1 Å². The van der Waals surface area contributed by atoms with Crippen molar-refractivity contribution in [2.45, 2.75) is 32.7 Å². The van der Waals surface area contributed by atoms with Gasteiger partial charge in [0.25, 0.3) is 0 Å². The van der Waals surface area contributed by atoms with Crippen LogP contribution in [0, 0.1) is 11.3 Å². The van der Waals surface area contributed by atoms with Gasteiger partial charge in [0.15, 0.2) is 0 Å². The van der Waals surface area contributed by atoms with Crippen molar-refractivity contribution >= 4 is 17.3 Å². The highest BCUT2D eigenvalue weighted by Gasteiger charge is 2.23. The lowest BCUT2D eigenvalue weighted by Gasteiger charge is -2.37. The Morgan fingerprint density at radius 1 is 1.44 bits per heavy atom. The van der Waals surface area contributed by atoms with Gasteiger partial charge in [-0.3, -0.25) is 0 Å². The van der Waals surface area contributed by atoms with E-state index in [1.807, 2.05) is 19.2 Å². The molecule has 1 aromatic rings. The van der Waals surface area contributed by atoms with Crippen molar-refractivity contribution in [2.75, 3.05) is 11.9 Å². The highest BCUT2D eigenvalue weighted by atomic mass is 35.5. The van der Waals surface area contributed by atoms with Crippen LogP contribution in [-0.2, 0) is 0 Å². The summed E-state index contributed by atoms with van der Waals surface area (Å²) in [7, 11) is 2.01. The van der Waals surface area contributed by atoms with Crippen LogP contribution in [0.4, 0.5) is 5.69 Å². The van der Waals surface area contributed by atoms with Crippen molar-refractivity contribution in [3.8, 4) is 6.07 Å². The summed E-state index contributed by atoms with van der Waals surface area (Å²) in [5.41, 5.74) is 1.58. The van der Waals surface area contributed by atoms with E-state index in [1.54, 1.807) is 6.07 Å².